The number of anilines is 1. The number of hydrogen-bond acceptors (Lipinski definition) is 15. The lowest BCUT2D eigenvalue weighted by atomic mass is 10.1. The standard InChI is InChI=1S/C18H30N5O15P3/c19-6-2-1-5-12(20)17(25)34-7-3-4-11-9-23(18(26)22-16(11)21)15-8-13(24)14(36-15)10-35-40(30,31)38-41(32,33)37-39(27,28)29/h9,12-15,24H,1-2,5-8,10,19-20H2,(H,30,31)(H,32,33)(H2,21,22,26)(H2,27,28,29)/t12?,13-,14+,15+/m0/s1. The molecule has 1 fully saturated rings. The average Bonchev–Trinajstić information content (AvgIpc) is 3.19. The minimum atomic E-state index is -5.74. The van der Waals surface area contributed by atoms with Gasteiger partial charge < -0.3 is 51.4 Å². The first kappa shape index (κ1) is 35.2. The number of phosphoric acid groups is 3. The summed E-state index contributed by atoms with van der Waals surface area (Å²) >= 11 is 0. The number of aromatic nitrogens is 2. The monoisotopic (exact) mass is 649 g/mol. The summed E-state index contributed by atoms with van der Waals surface area (Å²) in [7, 11) is -16.8. The minimum absolute atomic E-state index is 0.0303. The van der Waals surface area contributed by atoms with Gasteiger partial charge in [0, 0.05) is 12.6 Å². The van der Waals surface area contributed by atoms with Crippen LogP contribution in [0, 0.1) is 11.8 Å². The predicted octanol–water partition coefficient (Wildman–Crippen LogP) is -1.83. The number of ether oxygens (including phenoxy) is 2. The first-order chi connectivity index (χ1) is 18.9. The van der Waals surface area contributed by atoms with Crippen molar-refractivity contribution in [1.82, 2.24) is 9.55 Å². The Kier molecular flexibility index (Phi) is 12.8. The summed E-state index contributed by atoms with van der Waals surface area (Å²) in [4.78, 5) is 63.8. The molecule has 0 bridgehead atoms. The Morgan fingerprint density at radius 1 is 1.20 bits per heavy atom. The van der Waals surface area contributed by atoms with Crippen LogP contribution in [0.4, 0.5) is 5.82 Å². The number of unbranched alkanes of at least 4 members (excludes halogenated alkanes) is 1. The molecule has 23 heteroatoms. The molecule has 1 aliphatic rings. The highest BCUT2D eigenvalue weighted by Crippen LogP contribution is 2.66. The fourth-order valence-corrected chi connectivity index (χ4v) is 6.29. The van der Waals surface area contributed by atoms with Crippen molar-refractivity contribution in [2.24, 2.45) is 11.5 Å². The highest BCUT2D eigenvalue weighted by atomic mass is 31.3. The van der Waals surface area contributed by atoms with Crippen LogP contribution in [0.3, 0.4) is 0 Å². The smallest absolute Gasteiger partial charge is 0.451 e. The first-order valence-electron chi connectivity index (χ1n) is 11.5. The highest BCUT2D eigenvalue weighted by Gasteiger charge is 2.43. The van der Waals surface area contributed by atoms with Crippen LogP contribution >= 0.6 is 23.5 Å². The quantitative estimate of drug-likeness (QED) is 0.0475. The van der Waals surface area contributed by atoms with Crippen molar-refractivity contribution in [3.05, 3.63) is 22.2 Å². The second-order valence-electron chi connectivity index (χ2n) is 8.35. The molecule has 6 atom stereocenters. The van der Waals surface area contributed by atoms with E-state index in [0.29, 0.717) is 25.8 Å². The van der Waals surface area contributed by atoms with Gasteiger partial charge in [-0.25, -0.2) is 18.5 Å². The van der Waals surface area contributed by atoms with Gasteiger partial charge in [-0.3, -0.25) is 13.9 Å². The van der Waals surface area contributed by atoms with Crippen molar-refractivity contribution in [3.8, 4) is 11.8 Å². The summed E-state index contributed by atoms with van der Waals surface area (Å²) in [5, 5.41) is 10.3. The van der Waals surface area contributed by atoms with E-state index in [1.54, 1.807) is 0 Å². The highest BCUT2D eigenvalue weighted by molar-refractivity contribution is 7.66. The van der Waals surface area contributed by atoms with Crippen LogP contribution in [0.1, 0.15) is 37.5 Å². The van der Waals surface area contributed by atoms with Crippen LogP contribution in [-0.2, 0) is 41.1 Å². The van der Waals surface area contributed by atoms with Crippen LogP contribution < -0.4 is 22.9 Å². The number of esters is 1. The Morgan fingerprint density at radius 2 is 1.88 bits per heavy atom. The molecule has 232 valence electrons. The molecule has 1 aromatic rings. The maximum atomic E-state index is 12.4. The second-order valence-corrected chi connectivity index (χ2v) is 12.8. The summed E-state index contributed by atoms with van der Waals surface area (Å²) in [6, 6.07) is -0.840. The summed E-state index contributed by atoms with van der Waals surface area (Å²) in [6.45, 7) is -0.813. The van der Waals surface area contributed by atoms with Gasteiger partial charge in [0.05, 0.1) is 18.3 Å². The molecule has 2 heterocycles. The van der Waals surface area contributed by atoms with Gasteiger partial charge in [-0.1, -0.05) is 18.3 Å². The van der Waals surface area contributed by atoms with Gasteiger partial charge in [-0.05, 0) is 19.4 Å². The molecule has 0 aliphatic carbocycles. The number of carbonyl (C=O) groups is 1. The molecule has 2 rings (SSSR count). The van der Waals surface area contributed by atoms with E-state index in [0.717, 1.165) is 10.8 Å². The molecule has 1 saturated heterocycles. The number of nitrogens with two attached hydrogens (primary N) is 3. The molecule has 11 N–H and O–H groups in total. The molecule has 0 radical (unpaired) electrons. The molecular weight excluding hydrogens is 619 g/mol. The van der Waals surface area contributed by atoms with Gasteiger partial charge in [-0.2, -0.15) is 13.6 Å². The summed E-state index contributed by atoms with van der Waals surface area (Å²) in [5.41, 5.74) is 16.0. The second kappa shape index (κ2) is 14.9. The molecular formula is C18H30N5O15P3. The van der Waals surface area contributed by atoms with E-state index in [4.69, 9.17) is 36.5 Å². The molecule has 20 nitrogen and oxygen atoms in total. The lowest BCUT2D eigenvalue weighted by Crippen LogP contribution is -2.32. The zero-order valence-corrected chi connectivity index (χ0v) is 23.8. The largest absolute Gasteiger partial charge is 0.490 e. The first-order valence-corrected chi connectivity index (χ1v) is 16.1. The van der Waals surface area contributed by atoms with Crippen molar-refractivity contribution >= 4 is 35.3 Å². The third-order valence-electron chi connectivity index (χ3n) is 5.10. The van der Waals surface area contributed by atoms with Gasteiger partial charge in [0.25, 0.3) is 0 Å². The van der Waals surface area contributed by atoms with E-state index in [1.807, 2.05) is 0 Å². The molecule has 0 saturated carbocycles. The number of hydrogen-bond donors (Lipinski definition) is 8. The maximum Gasteiger partial charge on any atom is 0.490 e. The fraction of sp³-hybridized carbons (Fsp3) is 0.611. The van der Waals surface area contributed by atoms with Gasteiger partial charge in [-0.15, -0.1) is 0 Å². The van der Waals surface area contributed by atoms with E-state index in [1.165, 1.54) is 0 Å². The molecule has 0 amide bonds. The Hall–Kier alpha value is -2.04. The van der Waals surface area contributed by atoms with E-state index < -0.39 is 66.2 Å². The molecule has 0 aromatic carbocycles. The molecule has 41 heavy (non-hydrogen) atoms. The summed E-state index contributed by atoms with van der Waals surface area (Å²) < 4.78 is 57.0. The van der Waals surface area contributed by atoms with E-state index >= 15 is 0 Å². The van der Waals surface area contributed by atoms with Crippen molar-refractivity contribution < 1.29 is 65.8 Å². The van der Waals surface area contributed by atoms with E-state index in [2.05, 4.69) is 30.0 Å². The normalized spacial score (nSPS) is 22.7. The Bertz CT molecular complexity index is 1340. The fourth-order valence-electron chi connectivity index (χ4n) is 3.26. The topological polar surface area (TPSA) is 329 Å². The lowest BCUT2D eigenvalue weighted by molar-refractivity contribution is -0.143. The number of nitrogen functional groups attached to an aromatic ring is 1. The van der Waals surface area contributed by atoms with E-state index in [-0.39, 0.29) is 24.4 Å². The maximum absolute atomic E-state index is 12.4. The van der Waals surface area contributed by atoms with Crippen LogP contribution in [0.5, 0.6) is 0 Å². The molecule has 3 unspecified atom stereocenters. The Balaban J connectivity index is 2.02. The van der Waals surface area contributed by atoms with Gasteiger partial charge in [0.2, 0.25) is 0 Å². The van der Waals surface area contributed by atoms with E-state index in [9.17, 15) is 38.2 Å². The van der Waals surface area contributed by atoms with Gasteiger partial charge >= 0.3 is 35.1 Å². The number of nitrogens with zero attached hydrogens (tertiary/aromatic N) is 2. The van der Waals surface area contributed by atoms with Gasteiger partial charge in [0.1, 0.15) is 24.2 Å². The number of aliphatic hydroxyl groups is 1. The number of phosphoric ester groups is 1. The third-order valence-corrected chi connectivity index (χ3v) is 8.90. The zero-order chi connectivity index (χ0) is 31.0. The van der Waals surface area contributed by atoms with Crippen molar-refractivity contribution in [2.75, 3.05) is 25.5 Å². The lowest BCUT2D eigenvalue weighted by Gasteiger charge is -2.19. The minimum Gasteiger partial charge on any atom is -0.451 e. The molecule has 1 aliphatic heterocycles. The number of carbonyl (C=O) groups excluding carboxylic acids is 1. The Labute approximate surface area is 232 Å². The molecule has 0 spiro atoms. The number of rotatable bonds is 14. The predicted molar refractivity (Wildman–Crippen MR) is 136 cm³/mol. The SMILES string of the molecule is NCCCCC(N)C(=O)OCC#Cc1cn([C@H]2C[C@H](O)[C@@H](COP(=O)(O)OP(=O)(O)OP(=O)(O)O)O2)c(=O)nc1N. The van der Waals surface area contributed by atoms with Gasteiger partial charge in [0.15, 0.2) is 6.61 Å². The van der Waals surface area contributed by atoms with Crippen molar-refractivity contribution in [1.29, 1.82) is 0 Å². The van der Waals surface area contributed by atoms with Crippen LogP contribution in [0.2, 0.25) is 0 Å². The van der Waals surface area contributed by atoms with Crippen molar-refractivity contribution in [2.45, 2.75) is 50.2 Å². The average molecular weight is 649 g/mol. The van der Waals surface area contributed by atoms with Crippen molar-refractivity contribution in [3.63, 3.8) is 0 Å². The number of aliphatic hydroxyl groups excluding tert-OH is 1. The van der Waals surface area contributed by atoms with Crippen LogP contribution in [-0.4, -0.2) is 78.2 Å². The zero-order valence-electron chi connectivity index (χ0n) is 21.1. The summed E-state index contributed by atoms with van der Waals surface area (Å²) in [5.74, 6) is 4.19. The Morgan fingerprint density at radius 3 is 2.51 bits per heavy atom. The van der Waals surface area contributed by atoms with Crippen LogP contribution in [0.25, 0.3) is 0 Å². The third kappa shape index (κ3) is 12.0. The molecule has 1 aromatic heterocycles. The summed E-state index contributed by atoms with van der Waals surface area (Å²) in [6.07, 6.45) is -1.36. The van der Waals surface area contributed by atoms with Crippen LogP contribution in [0.15, 0.2) is 11.0 Å².